The molecule has 1 aromatic heterocycles. The number of allylic oxidation sites excluding steroid dienone is 3. The molecule has 2 amide bonds. The van der Waals surface area contributed by atoms with Gasteiger partial charge in [-0.2, -0.15) is 0 Å². The standard InChI is InChI=1S/C58H74N5O18P/c1-28(2)26-62-19-21-63(22-20-62)37-24-38(79-42(67)17-13-16-40(66)59-41(27-64)82(74,75)76)46-39(25-37)80-55-47(60-46)43-44-51(70)35(9)54-45(43)56(72)58(11,81-54)77-23-18-29(3)32(6)53(78-36(10)65)34(8)50(69)33(7)49(68)30(4)14-12-15-31(5)57(73)61-48(55)52(44)71/h12,14-15,18,23-25,27-30,32-34,41,49-50,53,68-69,71H,13,16-17,19-22,26H2,1-11H3,(H,59,66)(H,61,73)(H2,74,75,76)/b14-12+,23-18+,31-15-/t29-,30-,32+,33+,34+,41?,49-,50+,53+,58-/m0/s1. The molecule has 5 heterocycles. The zero-order chi connectivity index (χ0) is 60.4. The van der Waals surface area contributed by atoms with Gasteiger partial charge in [0.15, 0.2) is 40.2 Å². The van der Waals surface area contributed by atoms with Crippen molar-refractivity contribution in [1.82, 2.24) is 15.2 Å². The third-order valence-corrected chi connectivity index (χ3v) is 16.7. The largest absolute Gasteiger partial charge is 0.505 e. The lowest BCUT2D eigenvalue weighted by molar-refractivity contribution is -0.158. The number of anilines is 2. The number of nitrogens with zero attached hydrogens (tertiary/aromatic N) is 3. The molecule has 1 unspecified atom stereocenters. The van der Waals surface area contributed by atoms with Gasteiger partial charge in [-0.3, -0.25) is 38.2 Å². The van der Waals surface area contributed by atoms with E-state index in [0.29, 0.717) is 37.8 Å². The summed E-state index contributed by atoms with van der Waals surface area (Å²) in [5, 5.41) is 39.6. The zero-order valence-corrected chi connectivity index (χ0v) is 48.8. The predicted octanol–water partition coefficient (Wildman–Crippen LogP) is 6.29. The fourth-order valence-electron chi connectivity index (χ4n) is 10.7. The summed E-state index contributed by atoms with van der Waals surface area (Å²) < 4.78 is 42.6. The second-order valence-electron chi connectivity index (χ2n) is 22.4. The van der Waals surface area contributed by atoms with E-state index in [-0.39, 0.29) is 68.5 Å². The van der Waals surface area contributed by atoms with Crippen LogP contribution in [0.25, 0.3) is 33.0 Å². The molecule has 0 aliphatic carbocycles. The van der Waals surface area contributed by atoms with Crippen LogP contribution in [0, 0.1) is 42.4 Å². The van der Waals surface area contributed by atoms with E-state index in [0.717, 1.165) is 6.54 Å². The first-order valence-electron chi connectivity index (χ1n) is 27.4. The first-order valence-corrected chi connectivity index (χ1v) is 29.1. The number of piperazine rings is 1. The lowest BCUT2D eigenvalue weighted by Crippen LogP contribution is -2.47. The van der Waals surface area contributed by atoms with Crippen molar-refractivity contribution in [3.8, 4) is 17.2 Å². The third kappa shape index (κ3) is 13.2. The molecule has 82 heavy (non-hydrogen) atoms. The van der Waals surface area contributed by atoms with Crippen molar-refractivity contribution in [3.05, 3.63) is 69.6 Å². The number of rotatable bonds is 12. The molecule has 3 aromatic carbocycles. The highest BCUT2D eigenvalue weighted by Crippen LogP contribution is 2.49. The number of carbonyl (C=O) groups is 6. The van der Waals surface area contributed by atoms with Gasteiger partial charge in [0.05, 0.1) is 29.4 Å². The fourth-order valence-corrected chi connectivity index (χ4v) is 11.2. The molecule has 4 aliphatic rings. The van der Waals surface area contributed by atoms with E-state index in [1.807, 2.05) is 24.1 Å². The van der Waals surface area contributed by atoms with Gasteiger partial charge in [-0.15, -0.1) is 0 Å². The van der Waals surface area contributed by atoms with Crippen molar-refractivity contribution >= 4 is 87.8 Å². The van der Waals surface area contributed by atoms with Crippen LogP contribution < -0.4 is 30.4 Å². The molecule has 5 bridgehead atoms. The number of ether oxygens (including phenoxy) is 4. The minimum absolute atomic E-state index is 0.0423. The second kappa shape index (κ2) is 25.2. The first kappa shape index (κ1) is 62.6. The van der Waals surface area contributed by atoms with Gasteiger partial charge in [0.2, 0.25) is 5.91 Å². The number of amides is 2. The van der Waals surface area contributed by atoms with E-state index in [4.69, 9.17) is 28.3 Å². The maximum absolute atomic E-state index is 15.1. The van der Waals surface area contributed by atoms with Crippen LogP contribution in [0.15, 0.2) is 57.5 Å². The fraction of sp³-hybridized carbons (Fsp3) is 0.517. The number of esters is 2. The number of aliphatic hydroxyl groups is 2. The van der Waals surface area contributed by atoms with E-state index >= 15 is 4.79 Å². The van der Waals surface area contributed by atoms with Crippen LogP contribution in [0.2, 0.25) is 0 Å². The van der Waals surface area contributed by atoms with E-state index in [1.165, 1.54) is 40.0 Å². The maximum atomic E-state index is 15.1. The Balaban J connectivity index is 1.43. The van der Waals surface area contributed by atoms with Gasteiger partial charge in [-0.05, 0) is 44.1 Å². The number of phenolic OH excluding ortho intramolecular Hbond substituents is 1. The van der Waals surface area contributed by atoms with Crippen LogP contribution in [0.3, 0.4) is 0 Å². The number of aromatic hydroxyl groups is 1. The summed E-state index contributed by atoms with van der Waals surface area (Å²) >= 11 is 0. The zero-order valence-electron chi connectivity index (χ0n) is 47.9. The highest BCUT2D eigenvalue weighted by Gasteiger charge is 2.50. The Morgan fingerprint density at radius 1 is 0.939 bits per heavy atom. The Kier molecular flexibility index (Phi) is 19.3. The van der Waals surface area contributed by atoms with Crippen molar-refractivity contribution in [2.24, 2.45) is 35.5 Å². The molecule has 1 fully saturated rings. The van der Waals surface area contributed by atoms with Crippen molar-refractivity contribution in [2.45, 2.75) is 125 Å². The third-order valence-electron chi connectivity index (χ3n) is 15.7. The van der Waals surface area contributed by atoms with Crippen LogP contribution in [0.4, 0.5) is 11.4 Å². The number of phenols is 1. The van der Waals surface area contributed by atoms with Crippen LogP contribution in [0.5, 0.6) is 17.2 Å². The second-order valence-corrected chi connectivity index (χ2v) is 24.2. The molecule has 4 aromatic rings. The van der Waals surface area contributed by atoms with Crippen LogP contribution >= 0.6 is 7.60 Å². The van der Waals surface area contributed by atoms with Gasteiger partial charge in [0.25, 0.3) is 11.7 Å². The molecule has 0 saturated carbocycles. The Morgan fingerprint density at radius 3 is 2.26 bits per heavy atom. The van der Waals surface area contributed by atoms with Gasteiger partial charge in [-0.1, -0.05) is 66.7 Å². The smallest absolute Gasteiger partial charge is 0.355 e. The topological polar surface area (TPSA) is 331 Å². The maximum Gasteiger partial charge on any atom is 0.355 e. The van der Waals surface area contributed by atoms with E-state index in [1.54, 1.807) is 51.1 Å². The Morgan fingerprint density at radius 2 is 1.62 bits per heavy atom. The lowest BCUT2D eigenvalue weighted by Gasteiger charge is -2.37. The Labute approximate surface area is 473 Å². The minimum Gasteiger partial charge on any atom is -0.505 e. The molecule has 24 heteroatoms. The molecule has 0 spiro atoms. The number of benzene rings is 3. The summed E-state index contributed by atoms with van der Waals surface area (Å²) in [6, 6.07) is 3.19. The number of hydrogen-bond donors (Lipinski definition) is 7. The lowest BCUT2D eigenvalue weighted by atomic mass is 9.77. The summed E-state index contributed by atoms with van der Waals surface area (Å²) in [6.07, 6.45) is 3.27. The average molecular weight is 1160 g/mol. The van der Waals surface area contributed by atoms with Crippen molar-refractivity contribution in [1.29, 1.82) is 0 Å². The Bertz CT molecular complexity index is 3380. The number of aldehydes is 1. The van der Waals surface area contributed by atoms with Crippen molar-refractivity contribution in [3.63, 3.8) is 0 Å². The molecule has 0 radical (unpaired) electrons. The van der Waals surface area contributed by atoms with E-state index in [2.05, 4.69) is 24.1 Å². The van der Waals surface area contributed by atoms with Gasteiger partial charge in [-0.25, -0.2) is 4.98 Å². The highest BCUT2D eigenvalue weighted by molar-refractivity contribution is 7.53. The summed E-state index contributed by atoms with van der Waals surface area (Å²) in [5.41, 5.74) is -1.73. The van der Waals surface area contributed by atoms with Gasteiger partial charge in [0, 0.05) is 112 Å². The van der Waals surface area contributed by atoms with E-state index < -0.39 is 132 Å². The number of hydrogen-bond acceptors (Lipinski definition) is 19. The number of aliphatic hydroxyl groups excluding tert-OH is 2. The Hall–Kier alpha value is -7.01. The number of nitrogens with one attached hydrogen (secondary N) is 2. The summed E-state index contributed by atoms with van der Waals surface area (Å²) in [7, 11) is -5.01. The van der Waals surface area contributed by atoms with Gasteiger partial charge in [0.1, 0.15) is 28.6 Å². The molecule has 4 aliphatic heterocycles. The summed E-state index contributed by atoms with van der Waals surface area (Å²) in [4.78, 5) is 122. The normalized spacial score (nSPS) is 26.9. The number of aromatic nitrogens is 1. The molecule has 444 valence electrons. The average Bonchev–Trinajstić information content (AvgIpc) is 1.46. The number of ketones is 1. The molecular weight excluding hydrogens is 1090 g/mol. The summed E-state index contributed by atoms with van der Waals surface area (Å²) in [6.45, 7) is 21.7. The van der Waals surface area contributed by atoms with Crippen LogP contribution in [-0.4, -0.2) is 133 Å². The van der Waals surface area contributed by atoms with E-state index in [9.17, 15) is 58.4 Å². The molecule has 8 rings (SSSR count). The highest BCUT2D eigenvalue weighted by atomic mass is 31.2. The SMILES string of the molecule is CC(=O)O[C@H]1[C@H](C)[C@H](O)[C@H](C)[C@@H](O)[C@@H](C)/C=C/C=C(/C)C(=O)Nc2c(O)c3c(=O)c(C)c4c(c3c3nc5c(OC(=O)CCCC(=O)NC(C=O)P(=O)(O)O)cc(N6CCN(CC(C)C)CC6)cc5oc23)C(=O)[C@@](C)(O/C=C/[C@H](C)[C@H]1C)O4. The minimum atomic E-state index is -5.01. The van der Waals surface area contributed by atoms with Gasteiger partial charge >= 0.3 is 25.3 Å². The monoisotopic (exact) mass is 1160 g/mol. The predicted molar refractivity (Wildman–Crippen MR) is 303 cm³/mol. The summed E-state index contributed by atoms with van der Waals surface area (Å²) in [5.74, 6) is -11.9. The van der Waals surface area contributed by atoms with Crippen LogP contribution in [-0.2, 0) is 38.0 Å². The molecule has 23 nitrogen and oxygen atoms in total. The molecule has 1 saturated heterocycles. The first-order chi connectivity index (χ1) is 38.5. The molecule has 7 N–H and O–H groups in total. The van der Waals surface area contributed by atoms with Crippen LogP contribution in [0.1, 0.15) is 104 Å². The quantitative estimate of drug-likeness (QED) is 0.0156. The number of carbonyl (C=O) groups excluding carboxylic acids is 6. The number of fused-ring (bicyclic) bond motifs is 14. The molecule has 10 atom stereocenters. The molecular formula is C58H74N5O18P. The van der Waals surface area contributed by atoms with Crippen molar-refractivity contribution in [2.75, 3.05) is 42.9 Å². The number of Topliss-reactive ketones (excluding diaryl/α,β-unsaturated/α-hetero) is 1. The van der Waals surface area contributed by atoms with Crippen molar-refractivity contribution < 1.29 is 81.8 Å². The van der Waals surface area contributed by atoms with Gasteiger partial charge < -0.3 is 68.8 Å².